The van der Waals surface area contributed by atoms with E-state index in [1.165, 1.54) is 11.3 Å². The summed E-state index contributed by atoms with van der Waals surface area (Å²) < 4.78 is 16.3. The third kappa shape index (κ3) is 3.56. The molecule has 0 aliphatic rings. The molecule has 4 rings (SSSR count). The van der Waals surface area contributed by atoms with E-state index >= 15 is 0 Å². The maximum absolute atomic E-state index is 12.7. The summed E-state index contributed by atoms with van der Waals surface area (Å²) >= 11 is 1.51. The Morgan fingerprint density at radius 2 is 1.83 bits per heavy atom. The lowest BCUT2D eigenvalue weighted by atomic mass is 10.1. The van der Waals surface area contributed by atoms with Crippen LogP contribution in [0.5, 0.6) is 11.5 Å². The zero-order chi connectivity index (χ0) is 20.4. The highest BCUT2D eigenvalue weighted by atomic mass is 32.1. The molecule has 4 aromatic rings. The van der Waals surface area contributed by atoms with Gasteiger partial charge in [0.2, 0.25) is 0 Å². The zero-order valence-electron chi connectivity index (χ0n) is 16.3. The number of para-hydroxylation sites is 3. The average Bonchev–Trinajstić information content (AvgIpc) is 3.15. The molecule has 0 spiro atoms. The lowest BCUT2D eigenvalue weighted by Gasteiger charge is -2.08. The minimum absolute atomic E-state index is 0.435. The van der Waals surface area contributed by atoms with Crippen LogP contribution in [0, 0.1) is 0 Å². The Balaban J connectivity index is 1.79. The standard InChI is InChI=1S/C22H20N2O4S/c1-4-18-19(24-22(29-18)23-15-9-5-6-10-16(15)26-2)14-12-13-8-7-11-17(27-3)20(13)28-21(14)25/h5-12H,4H2,1-3H3,(H,23,24). The topological polar surface area (TPSA) is 73.6 Å². The summed E-state index contributed by atoms with van der Waals surface area (Å²) in [4.78, 5) is 18.4. The maximum atomic E-state index is 12.7. The molecule has 0 saturated heterocycles. The van der Waals surface area contributed by atoms with Crippen LogP contribution in [-0.2, 0) is 6.42 Å². The molecule has 0 amide bonds. The van der Waals surface area contributed by atoms with Crippen LogP contribution in [0.2, 0.25) is 0 Å². The maximum Gasteiger partial charge on any atom is 0.345 e. The number of nitrogens with one attached hydrogen (secondary N) is 1. The third-order valence-electron chi connectivity index (χ3n) is 4.57. The van der Waals surface area contributed by atoms with Crippen molar-refractivity contribution in [3.63, 3.8) is 0 Å². The SMILES string of the molecule is CCc1sc(Nc2ccccc2OC)nc1-c1cc2cccc(OC)c2oc1=O. The van der Waals surface area contributed by atoms with Gasteiger partial charge in [0.1, 0.15) is 5.75 Å². The summed E-state index contributed by atoms with van der Waals surface area (Å²) in [7, 11) is 3.17. The van der Waals surface area contributed by atoms with Gasteiger partial charge in [0.15, 0.2) is 16.5 Å². The number of rotatable bonds is 6. The Bertz CT molecular complexity index is 1230. The van der Waals surface area contributed by atoms with Gasteiger partial charge >= 0.3 is 5.63 Å². The molecule has 0 aliphatic heterocycles. The van der Waals surface area contributed by atoms with Gasteiger partial charge in [0.05, 0.1) is 31.2 Å². The van der Waals surface area contributed by atoms with Gasteiger partial charge in [-0.15, -0.1) is 11.3 Å². The largest absolute Gasteiger partial charge is 0.495 e. The zero-order valence-corrected chi connectivity index (χ0v) is 17.1. The molecule has 0 fully saturated rings. The Labute approximate surface area is 171 Å². The second kappa shape index (κ2) is 7.97. The molecular formula is C22H20N2O4S. The van der Waals surface area contributed by atoms with E-state index in [2.05, 4.69) is 5.32 Å². The number of benzene rings is 2. The first-order valence-corrected chi connectivity index (χ1v) is 9.97. The van der Waals surface area contributed by atoms with Gasteiger partial charge in [-0.3, -0.25) is 0 Å². The van der Waals surface area contributed by atoms with Gasteiger partial charge in [-0.2, -0.15) is 0 Å². The van der Waals surface area contributed by atoms with E-state index in [9.17, 15) is 4.79 Å². The Hall–Kier alpha value is -3.32. The number of fused-ring (bicyclic) bond motifs is 1. The molecule has 2 heterocycles. The van der Waals surface area contributed by atoms with Crippen LogP contribution in [0.3, 0.4) is 0 Å². The Kier molecular flexibility index (Phi) is 5.22. The van der Waals surface area contributed by atoms with Crippen LogP contribution in [-0.4, -0.2) is 19.2 Å². The van der Waals surface area contributed by atoms with Gasteiger partial charge in [-0.25, -0.2) is 9.78 Å². The average molecular weight is 408 g/mol. The normalized spacial score (nSPS) is 10.9. The summed E-state index contributed by atoms with van der Waals surface area (Å²) in [6.07, 6.45) is 0.746. The van der Waals surface area contributed by atoms with Crippen molar-refractivity contribution >= 4 is 33.1 Å². The summed E-state index contributed by atoms with van der Waals surface area (Å²) in [5, 5.41) is 4.76. The first-order valence-electron chi connectivity index (χ1n) is 9.15. The molecule has 7 heteroatoms. The van der Waals surface area contributed by atoms with E-state index in [1.807, 2.05) is 49.4 Å². The molecule has 0 aliphatic carbocycles. The molecular weight excluding hydrogens is 388 g/mol. The fourth-order valence-electron chi connectivity index (χ4n) is 3.16. The lowest BCUT2D eigenvalue weighted by molar-refractivity contribution is 0.407. The van der Waals surface area contributed by atoms with Crippen LogP contribution in [0.1, 0.15) is 11.8 Å². The summed E-state index contributed by atoms with van der Waals surface area (Å²) in [5.74, 6) is 1.25. The molecule has 2 aromatic carbocycles. The Morgan fingerprint density at radius 3 is 2.59 bits per heavy atom. The molecule has 29 heavy (non-hydrogen) atoms. The van der Waals surface area contributed by atoms with Gasteiger partial charge in [0.25, 0.3) is 0 Å². The van der Waals surface area contributed by atoms with Crippen molar-refractivity contribution in [1.82, 2.24) is 4.98 Å². The number of thiazole rings is 1. The summed E-state index contributed by atoms with van der Waals surface area (Å²) in [5.41, 5.74) is 1.88. The van der Waals surface area contributed by atoms with Crippen molar-refractivity contribution in [2.45, 2.75) is 13.3 Å². The van der Waals surface area contributed by atoms with Crippen LogP contribution in [0.4, 0.5) is 10.8 Å². The monoisotopic (exact) mass is 408 g/mol. The number of ether oxygens (including phenoxy) is 2. The number of methoxy groups -OCH3 is 2. The van der Waals surface area contributed by atoms with Crippen LogP contribution in [0.15, 0.2) is 57.7 Å². The van der Waals surface area contributed by atoms with Gasteiger partial charge in [-0.05, 0) is 30.7 Å². The van der Waals surface area contributed by atoms with Crippen LogP contribution in [0.25, 0.3) is 22.2 Å². The minimum Gasteiger partial charge on any atom is -0.495 e. The molecule has 0 bridgehead atoms. The predicted octanol–water partition coefficient (Wildman–Crippen LogP) is 5.24. The van der Waals surface area contributed by atoms with Gasteiger partial charge < -0.3 is 19.2 Å². The van der Waals surface area contributed by atoms with Crippen LogP contribution < -0.4 is 20.4 Å². The quantitative estimate of drug-likeness (QED) is 0.440. The number of hydrogen-bond acceptors (Lipinski definition) is 7. The number of aromatic nitrogens is 1. The van der Waals surface area contributed by atoms with Gasteiger partial charge in [0, 0.05) is 10.3 Å². The molecule has 0 atom stereocenters. The first kappa shape index (κ1) is 19.0. The number of anilines is 2. The molecule has 0 unspecified atom stereocenters. The molecule has 2 aromatic heterocycles. The first-order chi connectivity index (χ1) is 14.1. The second-order valence-corrected chi connectivity index (χ2v) is 7.38. The van der Waals surface area contributed by atoms with Gasteiger partial charge in [-0.1, -0.05) is 31.2 Å². The highest BCUT2D eigenvalue weighted by Gasteiger charge is 2.18. The van der Waals surface area contributed by atoms with Crippen molar-refractivity contribution in [2.24, 2.45) is 0 Å². The van der Waals surface area contributed by atoms with Crippen molar-refractivity contribution in [3.8, 4) is 22.8 Å². The fraction of sp³-hybridized carbons (Fsp3) is 0.182. The molecule has 148 valence electrons. The van der Waals surface area contributed by atoms with Crippen molar-refractivity contribution in [1.29, 1.82) is 0 Å². The van der Waals surface area contributed by atoms with Crippen molar-refractivity contribution in [3.05, 3.63) is 63.8 Å². The summed E-state index contributed by atoms with van der Waals surface area (Å²) in [6.45, 7) is 2.04. The van der Waals surface area contributed by atoms with Crippen molar-refractivity contribution in [2.75, 3.05) is 19.5 Å². The van der Waals surface area contributed by atoms with Crippen LogP contribution >= 0.6 is 11.3 Å². The van der Waals surface area contributed by atoms with E-state index in [4.69, 9.17) is 18.9 Å². The highest BCUT2D eigenvalue weighted by molar-refractivity contribution is 7.16. The number of aryl methyl sites for hydroxylation is 1. The number of hydrogen-bond donors (Lipinski definition) is 1. The minimum atomic E-state index is -0.439. The highest BCUT2D eigenvalue weighted by Crippen LogP contribution is 2.35. The number of nitrogens with zero attached hydrogens (tertiary/aromatic N) is 1. The molecule has 0 radical (unpaired) electrons. The molecule has 6 nitrogen and oxygen atoms in total. The second-order valence-electron chi connectivity index (χ2n) is 6.30. The predicted molar refractivity (Wildman–Crippen MR) is 116 cm³/mol. The fourth-order valence-corrected chi connectivity index (χ4v) is 4.09. The Morgan fingerprint density at radius 1 is 1.07 bits per heavy atom. The molecule has 1 N–H and O–H groups in total. The smallest absolute Gasteiger partial charge is 0.345 e. The molecule has 0 saturated carbocycles. The van der Waals surface area contributed by atoms with E-state index in [0.29, 0.717) is 27.7 Å². The third-order valence-corrected chi connectivity index (χ3v) is 5.68. The van der Waals surface area contributed by atoms with E-state index in [1.54, 1.807) is 20.3 Å². The lowest BCUT2D eigenvalue weighted by Crippen LogP contribution is -2.05. The van der Waals surface area contributed by atoms with Crippen molar-refractivity contribution < 1.29 is 13.9 Å². The van der Waals surface area contributed by atoms with E-state index in [-0.39, 0.29) is 0 Å². The summed E-state index contributed by atoms with van der Waals surface area (Å²) in [6, 6.07) is 14.9. The van der Waals surface area contributed by atoms with E-state index in [0.717, 1.165) is 28.1 Å². The van der Waals surface area contributed by atoms with E-state index < -0.39 is 5.63 Å².